The first-order valence-corrected chi connectivity index (χ1v) is 13.5. The second-order valence-corrected chi connectivity index (χ2v) is 10.1. The Morgan fingerprint density at radius 2 is 0.521 bits per heavy atom. The normalized spacial score (nSPS) is 12.5. The number of rotatable bonds is 7. The maximum absolute atomic E-state index is 13.5. The summed E-state index contributed by atoms with van der Waals surface area (Å²) in [6.45, 7) is 0. The highest BCUT2D eigenvalue weighted by atomic mass is 19.4. The first-order chi connectivity index (χ1) is 22.2. The van der Waals surface area contributed by atoms with E-state index in [1.807, 2.05) is 0 Å². The fourth-order valence-corrected chi connectivity index (χ4v) is 4.51. The van der Waals surface area contributed by atoms with Crippen molar-refractivity contribution in [3.8, 4) is 0 Å². The third-order valence-electron chi connectivity index (χ3n) is 6.86. The molecule has 0 saturated heterocycles. The molecule has 0 heterocycles. The van der Waals surface area contributed by atoms with Crippen LogP contribution in [0.15, 0.2) is 97.1 Å². The highest BCUT2D eigenvalue weighted by Crippen LogP contribution is 2.37. The van der Waals surface area contributed by atoms with Gasteiger partial charge in [-0.2, -0.15) is 52.7 Å². The fraction of sp³-hybridized carbons (Fsp3) is 0.188. The van der Waals surface area contributed by atoms with Crippen molar-refractivity contribution in [2.45, 2.75) is 37.5 Å². The molecule has 0 aliphatic rings. The average Bonchev–Trinajstić information content (AvgIpc) is 2.99. The van der Waals surface area contributed by atoms with Crippen molar-refractivity contribution in [2.24, 2.45) is 0 Å². The third kappa shape index (κ3) is 8.46. The molecule has 4 rings (SSSR count). The van der Waals surface area contributed by atoms with Crippen LogP contribution in [-0.2, 0) is 34.3 Å². The highest BCUT2D eigenvalue weighted by Gasteiger charge is 2.34. The predicted octanol–water partition coefficient (Wildman–Crippen LogP) is 10.6. The van der Waals surface area contributed by atoms with Crippen LogP contribution in [0.25, 0.3) is 0 Å². The van der Waals surface area contributed by atoms with Gasteiger partial charge in [-0.1, -0.05) is 0 Å². The minimum atomic E-state index is -4.76. The molecule has 0 aliphatic heterocycles. The van der Waals surface area contributed by atoms with E-state index in [1.165, 1.54) is 0 Å². The molecule has 0 bridgehead atoms. The third-order valence-corrected chi connectivity index (χ3v) is 6.86. The van der Waals surface area contributed by atoms with Crippen LogP contribution < -0.4 is 9.80 Å². The molecule has 48 heavy (non-hydrogen) atoms. The lowest BCUT2D eigenvalue weighted by Gasteiger charge is -2.26. The van der Waals surface area contributed by atoms with Gasteiger partial charge in [-0.25, -0.2) is 0 Å². The minimum Gasteiger partial charge on any atom is -0.281 e. The van der Waals surface area contributed by atoms with Crippen molar-refractivity contribution < 1.29 is 62.3 Å². The van der Waals surface area contributed by atoms with Crippen LogP contribution in [0.4, 0.5) is 75.4 Å². The Balaban J connectivity index is 1.67. The highest BCUT2D eigenvalue weighted by molar-refractivity contribution is 6.05. The second-order valence-electron chi connectivity index (χ2n) is 10.1. The summed E-state index contributed by atoms with van der Waals surface area (Å²) in [6.07, 6.45) is -20.5. The largest absolute Gasteiger partial charge is 0.416 e. The molecule has 254 valence electrons. The van der Waals surface area contributed by atoms with Crippen LogP contribution >= 0.6 is 0 Å². The lowest BCUT2D eigenvalue weighted by molar-refractivity contribution is -0.138. The fourth-order valence-electron chi connectivity index (χ4n) is 4.51. The van der Waals surface area contributed by atoms with Crippen LogP contribution in [0.3, 0.4) is 0 Å². The van der Waals surface area contributed by atoms with Gasteiger partial charge in [0.05, 0.1) is 22.3 Å². The van der Waals surface area contributed by atoms with Gasteiger partial charge in [-0.15, -0.1) is 0 Å². The number of halogens is 12. The molecular weight excluding hydrogens is 672 g/mol. The zero-order valence-electron chi connectivity index (χ0n) is 23.9. The molecule has 0 atom stereocenters. The van der Waals surface area contributed by atoms with E-state index in [0.717, 1.165) is 58.3 Å². The summed E-state index contributed by atoms with van der Waals surface area (Å²) in [6, 6.07) is 12.1. The van der Waals surface area contributed by atoms with Crippen molar-refractivity contribution in [1.29, 1.82) is 0 Å². The van der Waals surface area contributed by atoms with Crippen molar-refractivity contribution >= 4 is 34.6 Å². The molecule has 0 unspecified atom stereocenters. The van der Waals surface area contributed by atoms with Gasteiger partial charge in [0.1, 0.15) is 0 Å². The molecule has 2 amide bonds. The van der Waals surface area contributed by atoms with Gasteiger partial charge in [0.15, 0.2) is 0 Å². The number of hydrogen-bond acceptors (Lipinski definition) is 2. The van der Waals surface area contributed by atoms with Crippen molar-refractivity contribution in [2.75, 3.05) is 9.80 Å². The molecule has 0 aliphatic carbocycles. The Hall–Kier alpha value is -5.02. The Morgan fingerprint density at radius 1 is 0.354 bits per heavy atom. The van der Waals surface area contributed by atoms with Crippen molar-refractivity contribution in [3.05, 3.63) is 119 Å². The van der Waals surface area contributed by atoms with Gasteiger partial charge in [-0.3, -0.25) is 19.4 Å². The molecule has 4 nitrogen and oxygen atoms in total. The second kappa shape index (κ2) is 13.2. The molecular formula is C32H20F12N2O2. The molecule has 0 N–H and O–H groups in total. The number of carbonyl (C=O) groups is 2. The molecule has 16 heteroatoms. The predicted molar refractivity (Wildman–Crippen MR) is 149 cm³/mol. The van der Waals surface area contributed by atoms with Gasteiger partial charge in [0, 0.05) is 35.6 Å². The smallest absolute Gasteiger partial charge is 0.281 e. The summed E-state index contributed by atoms with van der Waals surface area (Å²) in [5, 5.41) is 0. The quantitative estimate of drug-likeness (QED) is 0.181. The Morgan fingerprint density at radius 3 is 0.667 bits per heavy atom. The van der Waals surface area contributed by atoms with Crippen molar-refractivity contribution in [1.82, 2.24) is 0 Å². The molecule has 0 fully saturated rings. The first-order valence-electron chi connectivity index (χ1n) is 13.5. The van der Waals surface area contributed by atoms with Gasteiger partial charge in [-0.05, 0) is 97.1 Å². The monoisotopic (exact) mass is 692 g/mol. The van der Waals surface area contributed by atoms with E-state index in [2.05, 4.69) is 0 Å². The first kappa shape index (κ1) is 35.8. The summed E-state index contributed by atoms with van der Waals surface area (Å²) in [7, 11) is 0. The standard InChI is InChI=1S/C32H20F12N2O2/c33-29(34,35)19-1-9-23(10-2-19)45(24-11-3-20(4-12-24)30(36,37)38)27(47)17-18-28(48)46(25-13-5-21(6-14-25)31(39,40)41)26-15-7-22(8-16-26)32(42,43)44/h1-16H,17-18H2. The topological polar surface area (TPSA) is 40.6 Å². The van der Waals surface area contributed by atoms with Gasteiger partial charge in [0.25, 0.3) is 0 Å². The van der Waals surface area contributed by atoms with E-state index in [4.69, 9.17) is 0 Å². The van der Waals surface area contributed by atoms with E-state index in [1.54, 1.807) is 0 Å². The number of alkyl halides is 12. The summed E-state index contributed by atoms with van der Waals surface area (Å²) >= 11 is 0. The summed E-state index contributed by atoms with van der Waals surface area (Å²) in [5.74, 6) is -1.97. The Labute approximate surface area is 263 Å². The molecule has 0 radical (unpaired) electrons. The van der Waals surface area contributed by atoms with Gasteiger partial charge >= 0.3 is 24.7 Å². The van der Waals surface area contributed by atoms with Crippen LogP contribution in [0.5, 0.6) is 0 Å². The molecule has 0 spiro atoms. The summed E-state index contributed by atoms with van der Waals surface area (Å²) in [5.41, 5.74) is -5.19. The van der Waals surface area contributed by atoms with Crippen LogP contribution in [-0.4, -0.2) is 11.8 Å². The van der Waals surface area contributed by atoms with Crippen LogP contribution in [0.2, 0.25) is 0 Å². The maximum Gasteiger partial charge on any atom is 0.416 e. The van der Waals surface area contributed by atoms with E-state index in [0.29, 0.717) is 48.5 Å². The van der Waals surface area contributed by atoms with E-state index < -0.39 is 71.6 Å². The summed E-state index contributed by atoms with van der Waals surface area (Å²) in [4.78, 5) is 28.5. The zero-order valence-corrected chi connectivity index (χ0v) is 23.9. The number of benzene rings is 4. The molecule has 0 saturated carbocycles. The zero-order chi connectivity index (χ0) is 35.7. The van der Waals surface area contributed by atoms with Crippen molar-refractivity contribution in [3.63, 3.8) is 0 Å². The van der Waals surface area contributed by atoms with E-state index in [9.17, 15) is 62.3 Å². The number of hydrogen-bond donors (Lipinski definition) is 0. The molecule has 4 aromatic rings. The Bertz CT molecular complexity index is 1480. The van der Waals surface area contributed by atoms with Crippen LogP contribution in [0, 0.1) is 0 Å². The number of nitrogens with zero attached hydrogens (tertiary/aromatic N) is 2. The number of carbonyl (C=O) groups excluding carboxylic acids is 2. The number of anilines is 4. The van der Waals surface area contributed by atoms with E-state index in [-0.39, 0.29) is 22.7 Å². The minimum absolute atomic E-state index is 0.206. The van der Waals surface area contributed by atoms with Crippen LogP contribution in [0.1, 0.15) is 35.1 Å². The van der Waals surface area contributed by atoms with E-state index >= 15 is 0 Å². The maximum atomic E-state index is 13.5. The molecule has 0 aromatic heterocycles. The molecule has 4 aromatic carbocycles. The van der Waals surface area contributed by atoms with Gasteiger partial charge < -0.3 is 0 Å². The average molecular weight is 693 g/mol. The Kier molecular flexibility index (Phi) is 9.88. The summed E-state index contributed by atoms with van der Waals surface area (Å²) < 4.78 is 158. The lowest BCUT2D eigenvalue weighted by atomic mass is 10.1. The lowest BCUT2D eigenvalue weighted by Crippen LogP contribution is -2.30. The van der Waals surface area contributed by atoms with Gasteiger partial charge in [0.2, 0.25) is 11.8 Å². The number of amides is 2. The SMILES string of the molecule is O=C(CCC(=O)N(c1ccc(C(F)(F)F)cc1)c1ccc(C(F)(F)F)cc1)N(c1ccc(C(F)(F)F)cc1)c1ccc(C(F)(F)F)cc1.